The summed E-state index contributed by atoms with van der Waals surface area (Å²) >= 11 is 1.68. The molecule has 0 atom stereocenters. The minimum Gasteiger partial charge on any atom is -0.493 e. The maximum absolute atomic E-state index is 11.4. The van der Waals surface area contributed by atoms with Crippen LogP contribution in [0.25, 0.3) is 11.6 Å². The van der Waals surface area contributed by atoms with Gasteiger partial charge < -0.3 is 4.74 Å². The van der Waals surface area contributed by atoms with Gasteiger partial charge >= 0.3 is 0 Å². The van der Waals surface area contributed by atoms with E-state index in [1.54, 1.807) is 24.4 Å². The van der Waals surface area contributed by atoms with E-state index in [9.17, 15) is 8.42 Å². The first-order chi connectivity index (χ1) is 13.3. The molecule has 1 aromatic heterocycles. The van der Waals surface area contributed by atoms with Crippen molar-refractivity contribution in [2.45, 2.75) is 26.3 Å². The third-order valence-electron chi connectivity index (χ3n) is 4.55. The average molecular weight is 419 g/mol. The molecule has 0 fully saturated rings. The molecule has 0 saturated carbocycles. The first kappa shape index (κ1) is 19.1. The van der Waals surface area contributed by atoms with Crippen molar-refractivity contribution in [3.8, 4) is 5.75 Å². The standard InChI is InChI=1S/C19H22N4O3S2/c1-13(2)23-19(20-12-21-23)22-11-16-15-10-14(7-9-28(3,24)25)4-5-17(15)26-8-6-18(16)27-22/h4-5,7,9-10,12-13H,6,8,11H2,1-3H3/b9-7+. The van der Waals surface area contributed by atoms with E-state index in [-0.39, 0.29) is 6.04 Å². The van der Waals surface area contributed by atoms with Gasteiger partial charge in [-0.3, -0.25) is 4.31 Å². The van der Waals surface area contributed by atoms with Crippen LogP contribution in [-0.2, 0) is 9.84 Å². The van der Waals surface area contributed by atoms with Crippen molar-refractivity contribution >= 4 is 39.4 Å². The maximum Gasteiger partial charge on any atom is 0.234 e. The summed E-state index contributed by atoms with van der Waals surface area (Å²) in [6.07, 6.45) is 5.23. The Hall–Kier alpha value is -2.26. The van der Waals surface area contributed by atoms with Gasteiger partial charge in [0.1, 0.15) is 12.1 Å². The van der Waals surface area contributed by atoms with Gasteiger partial charge in [0.05, 0.1) is 19.2 Å². The zero-order chi connectivity index (χ0) is 19.9. The molecule has 0 saturated heterocycles. The fourth-order valence-corrected chi connectivity index (χ4v) is 4.79. The summed E-state index contributed by atoms with van der Waals surface area (Å²) in [6.45, 7) is 5.48. The third-order valence-corrected chi connectivity index (χ3v) is 6.36. The number of hydrogen-bond donors (Lipinski definition) is 0. The Labute approximate surface area is 169 Å². The Morgan fingerprint density at radius 3 is 2.89 bits per heavy atom. The first-order valence-corrected chi connectivity index (χ1v) is 11.8. The molecule has 0 amide bonds. The van der Waals surface area contributed by atoms with Crippen molar-refractivity contribution in [3.05, 3.63) is 46.0 Å². The molecule has 0 bridgehead atoms. The predicted molar refractivity (Wildman–Crippen MR) is 113 cm³/mol. The van der Waals surface area contributed by atoms with Crippen molar-refractivity contribution in [1.29, 1.82) is 0 Å². The second-order valence-electron chi connectivity index (χ2n) is 7.11. The van der Waals surface area contributed by atoms with Crippen LogP contribution in [0.4, 0.5) is 5.95 Å². The summed E-state index contributed by atoms with van der Waals surface area (Å²) in [5, 5.41) is 5.57. The lowest BCUT2D eigenvalue weighted by Crippen LogP contribution is -2.19. The van der Waals surface area contributed by atoms with E-state index in [0.717, 1.165) is 29.2 Å². The lowest BCUT2D eigenvalue weighted by atomic mass is 10.0. The molecule has 2 aliphatic heterocycles. The van der Waals surface area contributed by atoms with Crippen molar-refractivity contribution in [2.24, 2.45) is 0 Å². The Morgan fingerprint density at radius 1 is 1.32 bits per heavy atom. The molecule has 0 aliphatic carbocycles. The SMILES string of the molecule is CC(C)n1ncnc1N1CC2=C(CCOc3ccc(/C=C/S(C)(=O)=O)cc32)S1. The predicted octanol–water partition coefficient (Wildman–Crippen LogP) is 3.54. The van der Waals surface area contributed by atoms with E-state index in [2.05, 4.69) is 28.2 Å². The summed E-state index contributed by atoms with van der Waals surface area (Å²) in [7, 11) is -3.17. The summed E-state index contributed by atoms with van der Waals surface area (Å²) < 4.78 is 32.9. The van der Waals surface area contributed by atoms with Crippen LogP contribution in [0.2, 0.25) is 0 Å². The van der Waals surface area contributed by atoms with Crippen LogP contribution in [0.1, 0.15) is 37.4 Å². The van der Waals surface area contributed by atoms with Crippen LogP contribution < -0.4 is 9.04 Å². The molecule has 28 heavy (non-hydrogen) atoms. The highest BCUT2D eigenvalue weighted by Crippen LogP contribution is 2.46. The van der Waals surface area contributed by atoms with Crippen LogP contribution in [-0.4, -0.2) is 42.6 Å². The van der Waals surface area contributed by atoms with Crippen molar-refractivity contribution < 1.29 is 13.2 Å². The molecule has 2 aromatic rings. The molecule has 148 valence electrons. The summed E-state index contributed by atoms with van der Waals surface area (Å²) in [4.78, 5) is 5.70. The van der Waals surface area contributed by atoms with Crippen LogP contribution in [0.3, 0.4) is 0 Å². The molecule has 0 unspecified atom stereocenters. The normalized spacial score (nSPS) is 17.1. The lowest BCUT2D eigenvalue weighted by molar-refractivity contribution is 0.326. The quantitative estimate of drug-likeness (QED) is 0.703. The van der Waals surface area contributed by atoms with Gasteiger partial charge in [0.25, 0.3) is 0 Å². The molecule has 2 aliphatic rings. The van der Waals surface area contributed by atoms with E-state index in [1.165, 1.54) is 22.1 Å². The number of aromatic nitrogens is 3. The minimum absolute atomic E-state index is 0.224. The first-order valence-electron chi connectivity index (χ1n) is 9.04. The smallest absolute Gasteiger partial charge is 0.234 e. The van der Waals surface area contributed by atoms with Gasteiger partial charge in [0, 0.05) is 28.6 Å². The van der Waals surface area contributed by atoms with Gasteiger partial charge in [0.2, 0.25) is 5.95 Å². The number of fused-ring (bicyclic) bond motifs is 2. The topological polar surface area (TPSA) is 77.3 Å². The fourth-order valence-electron chi connectivity index (χ4n) is 3.25. The molecule has 7 nitrogen and oxygen atoms in total. The summed E-state index contributed by atoms with van der Waals surface area (Å²) in [5.74, 6) is 1.66. The second-order valence-corrected chi connectivity index (χ2v) is 10.2. The van der Waals surface area contributed by atoms with Gasteiger partial charge in [-0.1, -0.05) is 6.07 Å². The van der Waals surface area contributed by atoms with E-state index in [4.69, 9.17) is 4.74 Å². The molecule has 0 N–H and O–H groups in total. The molecular formula is C19H22N4O3S2. The summed E-state index contributed by atoms with van der Waals surface area (Å²) in [5.41, 5.74) is 3.04. The number of hydrogen-bond acceptors (Lipinski definition) is 7. The van der Waals surface area contributed by atoms with Crippen LogP contribution in [0.15, 0.2) is 34.8 Å². The highest BCUT2D eigenvalue weighted by Gasteiger charge is 2.31. The molecular weight excluding hydrogens is 396 g/mol. The number of nitrogens with zero attached hydrogens (tertiary/aromatic N) is 4. The van der Waals surface area contributed by atoms with Crippen LogP contribution in [0.5, 0.6) is 5.75 Å². The van der Waals surface area contributed by atoms with Gasteiger partial charge in [-0.05, 0) is 55.1 Å². The van der Waals surface area contributed by atoms with Gasteiger partial charge in [0.15, 0.2) is 9.84 Å². The highest BCUT2D eigenvalue weighted by molar-refractivity contribution is 8.04. The Kier molecular flexibility index (Phi) is 4.96. The minimum atomic E-state index is -3.17. The highest BCUT2D eigenvalue weighted by atomic mass is 32.2. The van der Waals surface area contributed by atoms with Crippen LogP contribution >= 0.6 is 11.9 Å². The Bertz CT molecular complexity index is 1070. The Morgan fingerprint density at radius 2 is 2.14 bits per heavy atom. The van der Waals surface area contributed by atoms with Gasteiger partial charge in [-0.2, -0.15) is 10.1 Å². The van der Waals surface area contributed by atoms with Gasteiger partial charge in [-0.25, -0.2) is 13.1 Å². The third kappa shape index (κ3) is 3.81. The molecule has 0 radical (unpaired) electrons. The second kappa shape index (κ2) is 7.29. The van der Waals surface area contributed by atoms with Crippen molar-refractivity contribution in [1.82, 2.24) is 14.8 Å². The molecule has 0 spiro atoms. The number of ether oxygens (including phenoxy) is 1. The molecule has 1 aromatic carbocycles. The lowest BCUT2D eigenvalue weighted by Gasteiger charge is -2.19. The zero-order valence-electron chi connectivity index (χ0n) is 16.0. The number of sulfone groups is 1. The van der Waals surface area contributed by atoms with Crippen molar-refractivity contribution in [2.75, 3.05) is 23.7 Å². The van der Waals surface area contributed by atoms with E-state index >= 15 is 0 Å². The average Bonchev–Trinajstić information content (AvgIpc) is 3.24. The molecule has 9 heteroatoms. The Balaban J connectivity index is 1.68. The monoisotopic (exact) mass is 418 g/mol. The largest absolute Gasteiger partial charge is 0.493 e. The van der Waals surface area contributed by atoms with E-state index in [1.807, 2.05) is 22.9 Å². The molecule has 4 rings (SSSR count). The summed E-state index contributed by atoms with van der Waals surface area (Å²) in [6, 6.07) is 6.01. The van der Waals surface area contributed by atoms with Crippen molar-refractivity contribution in [3.63, 3.8) is 0 Å². The maximum atomic E-state index is 11.4. The fraction of sp³-hybridized carbons (Fsp3) is 0.368. The van der Waals surface area contributed by atoms with E-state index in [0.29, 0.717) is 13.2 Å². The number of anilines is 1. The number of benzene rings is 1. The number of rotatable bonds is 4. The zero-order valence-corrected chi connectivity index (χ0v) is 17.6. The van der Waals surface area contributed by atoms with Crippen LogP contribution in [0, 0.1) is 0 Å². The molecule has 3 heterocycles. The van der Waals surface area contributed by atoms with Gasteiger partial charge in [-0.15, -0.1) is 0 Å². The van der Waals surface area contributed by atoms with E-state index < -0.39 is 9.84 Å².